The van der Waals surface area contributed by atoms with E-state index in [1.54, 1.807) is 4.90 Å². The molecule has 0 radical (unpaired) electrons. The van der Waals surface area contributed by atoms with Gasteiger partial charge in [-0.2, -0.15) is 0 Å². The third-order valence-electron chi connectivity index (χ3n) is 7.30. The lowest BCUT2D eigenvalue weighted by atomic mass is 9.86. The van der Waals surface area contributed by atoms with E-state index < -0.39 is 6.04 Å². The van der Waals surface area contributed by atoms with Gasteiger partial charge >= 0.3 is 0 Å². The maximum absolute atomic E-state index is 13.8. The van der Waals surface area contributed by atoms with Crippen LogP contribution >= 0.6 is 11.6 Å². The molecule has 0 spiro atoms. The zero-order chi connectivity index (χ0) is 23.9. The van der Waals surface area contributed by atoms with E-state index in [0.29, 0.717) is 18.0 Å². The predicted molar refractivity (Wildman–Crippen MR) is 137 cm³/mol. The lowest BCUT2D eigenvalue weighted by molar-refractivity contribution is -0.160. The number of fused-ring (bicyclic) bond motifs is 4. The van der Waals surface area contributed by atoms with Gasteiger partial charge in [0.25, 0.3) is 0 Å². The van der Waals surface area contributed by atoms with Gasteiger partial charge in [-0.1, -0.05) is 72.3 Å². The number of carbonyl (C=O) groups excluding carboxylic acids is 2. The number of carbonyl (C=O) groups is 2. The van der Waals surface area contributed by atoms with E-state index in [1.165, 1.54) is 5.56 Å². The Morgan fingerprint density at radius 1 is 0.886 bits per heavy atom. The Labute approximate surface area is 209 Å². The molecule has 2 atom stereocenters. The Kier molecular flexibility index (Phi) is 5.57. The molecule has 3 aromatic carbocycles. The van der Waals surface area contributed by atoms with Gasteiger partial charge in [0.2, 0.25) is 11.8 Å². The molecule has 1 saturated heterocycles. The first-order valence-electron chi connectivity index (χ1n) is 12.1. The van der Waals surface area contributed by atoms with E-state index in [-0.39, 0.29) is 24.4 Å². The highest BCUT2D eigenvalue weighted by molar-refractivity contribution is 6.30. The Morgan fingerprint density at radius 2 is 1.63 bits per heavy atom. The highest BCUT2D eigenvalue weighted by atomic mass is 35.5. The number of para-hydroxylation sites is 1. The van der Waals surface area contributed by atoms with E-state index in [2.05, 4.69) is 29.2 Å². The maximum atomic E-state index is 13.8. The normalized spacial score (nSPS) is 19.7. The second-order valence-corrected chi connectivity index (χ2v) is 9.88. The molecule has 176 valence electrons. The van der Waals surface area contributed by atoms with Crippen molar-refractivity contribution >= 4 is 34.3 Å². The van der Waals surface area contributed by atoms with Gasteiger partial charge in [0.05, 0.1) is 6.04 Å². The van der Waals surface area contributed by atoms with Gasteiger partial charge < -0.3 is 14.8 Å². The van der Waals surface area contributed by atoms with Crippen LogP contribution in [-0.2, 0) is 29.0 Å². The quantitative estimate of drug-likeness (QED) is 0.419. The Balaban J connectivity index is 1.35. The fourth-order valence-corrected chi connectivity index (χ4v) is 5.76. The average molecular weight is 484 g/mol. The van der Waals surface area contributed by atoms with Crippen molar-refractivity contribution in [2.75, 3.05) is 6.54 Å². The molecule has 5 nitrogen and oxygen atoms in total. The van der Waals surface area contributed by atoms with Crippen molar-refractivity contribution in [2.24, 2.45) is 0 Å². The third-order valence-corrected chi connectivity index (χ3v) is 7.55. The fourth-order valence-electron chi connectivity index (χ4n) is 5.64. The molecule has 35 heavy (non-hydrogen) atoms. The van der Waals surface area contributed by atoms with E-state index in [1.807, 2.05) is 59.5 Å². The molecular weight excluding hydrogens is 458 g/mol. The van der Waals surface area contributed by atoms with Crippen LogP contribution in [0.5, 0.6) is 0 Å². The minimum Gasteiger partial charge on any atom is -0.356 e. The number of hydrogen-bond acceptors (Lipinski definition) is 2. The largest absolute Gasteiger partial charge is 0.356 e. The van der Waals surface area contributed by atoms with Gasteiger partial charge in [0.1, 0.15) is 12.6 Å². The summed E-state index contributed by atoms with van der Waals surface area (Å²) in [7, 11) is 0. The summed E-state index contributed by atoms with van der Waals surface area (Å²) in [5, 5.41) is 1.79. The number of H-pyrrole nitrogens is 1. The summed E-state index contributed by atoms with van der Waals surface area (Å²) >= 11 is 6.03. The van der Waals surface area contributed by atoms with Crippen LogP contribution in [0.2, 0.25) is 5.02 Å². The topological polar surface area (TPSA) is 56.4 Å². The molecule has 2 amide bonds. The van der Waals surface area contributed by atoms with Crippen molar-refractivity contribution in [2.45, 2.75) is 37.9 Å². The maximum Gasteiger partial charge on any atom is 0.246 e. The fraction of sp³-hybridized carbons (Fsp3) is 0.241. The first-order chi connectivity index (χ1) is 17.1. The summed E-state index contributed by atoms with van der Waals surface area (Å²) in [5.41, 5.74) is 5.49. The molecule has 0 unspecified atom stereocenters. The number of hydrogen-bond donors (Lipinski definition) is 1. The highest BCUT2D eigenvalue weighted by Crippen LogP contribution is 2.41. The van der Waals surface area contributed by atoms with Crippen molar-refractivity contribution in [3.05, 3.63) is 106 Å². The number of nitrogens with zero attached hydrogens (tertiary/aromatic N) is 2. The zero-order valence-corrected chi connectivity index (χ0v) is 20.0. The number of amides is 2. The molecule has 2 aliphatic heterocycles. The molecule has 4 aromatic rings. The average Bonchev–Trinajstić information content (AvgIpc) is 3.25. The SMILES string of the molecule is O=C1[C@@H]2Cc3c([nH]c4ccccc34)[C@H](CCc3ccccc3)N2C(=O)CN1Cc1ccc(Cl)cc1. The van der Waals surface area contributed by atoms with Gasteiger partial charge in [-0.05, 0) is 47.7 Å². The van der Waals surface area contributed by atoms with E-state index in [9.17, 15) is 9.59 Å². The predicted octanol–water partition coefficient (Wildman–Crippen LogP) is 5.29. The number of benzene rings is 3. The Morgan fingerprint density at radius 3 is 2.43 bits per heavy atom. The van der Waals surface area contributed by atoms with Gasteiger partial charge in [0, 0.05) is 34.6 Å². The van der Waals surface area contributed by atoms with Crippen LogP contribution in [0.15, 0.2) is 78.9 Å². The number of aryl methyl sites for hydroxylation is 1. The van der Waals surface area contributed by atoms with Crippen LogP contribution in [0.3, 0.4) is 0 Å². The van der Waals surface area contributed by atoms with Crippen LogP contribution in [0.4, 0.5) is 0 Å². The Bertz CT molecular complexity index is 1400. The number of aromatic amines is 1. The van der Waals surface area contributed by atoms with Crippen molar-refractivity contribution in [3.8, 4) is 0 Å². The standard InChI is InChI=1S/C29H26ClN3O2/c30-21-13-10-20(11-14-21)17-32-18-27(34)33-25(15-12-19-6-2-1-3-7-19)28-23(16-26(33)29(32)35)22-8-4-5-9-24(22)31-28/h1-11,13-14,25-26,31H,12,15-18H2/t25-,26-/m0/s1. The van der Waals surface area contributed by atoms with Crippen molar-refractivity contribution in [1.29, 1.82) is 0 Å². The number of rotatable bonds is 5. The summed E-state index contributed by atoms with van der Waals surface area (Å²) < 4.78 is 0. The van der Waals surface area contributed by atoms with E-state index in [4.69, 9.17) is 11.6 Å². The van der Waals surface area contributed by atoms with Crippen LogP contribution in [-0.4, -0.2) is 39.2 Å². The summed E-state index contributed by atoms with van der Waals surface area (Å²) in [4.78, 5) is 34.5. The highest BCUT2D eigenvalue weighted by Gasteiger charge is 2.47. The summed E-state index contributed by atoms with van der Waals surface area (Å²) in [6.07, 6.45) is 2.12. The molecule has 2 aliphatic rings. The van der Waals surface area contributed by atoms with E-state index >= 15 is 0 Å². The van der Waals surface area contributed by atoms with Gasteiger partial charge in [0.15, 0.2) is 0 Å². The van der Waals surface area contributed by atoms with Crippen LogP contribution in [0, 0.1) is 0 Å². The van der Waals surface area contributed by atoms with Crippen molar-refractivity contribution in [1.82, 2.24) is 14.8 Å². The summed E-state index contributed by atoms with van der Waals surface area (Å²) in [5.74, 6) is 0.0196. The minimum atomic E-state index is -0.490. The second-order valence-electron chi connectivity index (χ2n) is 9.44. The molecule has 1 aromatic heterocycles. The van der Waals surface area contributed by atoms with Gasteiger partial charge in [-0.15, -0.1) is 0 Å². The minimum absolute atomic E-state index is 0.00549. The molecule has 0 aliphatic carbocycles. The Hall–Kier alpha value is -3.57. The van der Waals surface area contributed by atoms with Crippen molar-refractivity contribution < 1.29 is 9.59 Å². The molecule has 3 heterocycles. The summed E-state index contributed by atoms with van der Waals surface area (Å²) in [6, 6.07) is 25.3. The van der Waals surface area contributed by atoms with Crippen LogP contribution < -0.4 is 0 Å². The second kappa shape index (κ2) is 8.90. The molecule has 0 saturated carbocycles. The number of halogens is 1. The van der Waals surface area contributed by atoms with E-state index in [0.717, 1.165) is 40.6 Å². The zero-order valence-electron chi connectivity index (χ0n) is 19.3. The lowest BCUT2D eigenvalue weighted by Gasteiger charge is -2.47. The first kappa shape index (κ1) is 21.9. The smallest absolute Gasteiger partial charge is 0.246 e. The molecule has 6 rings (SSSR count). The first-order valence-corrected chi connectivity index (χ1v) is 12.4. The monoisotopic (exact) mass is 483 g/mol. The molecular formula is C29H26ClN3O2. The van der Waals surface area contributed by atoms with Gasteiger partial charge in [-0.3, -0.25) is 9.59 Å². The lowest BCUT2D eigenvalue weighted by Crippen LogP contribution is -2.62. The van der Waals surface area contributed by atoms with Crippen LogP contribution in [0.1, 0.15) is 34.8 Å². The number of piperazine rings is 1. The number of aromatic nitrogens is 1. The molecule has 1 N–H and O–H groups in total. The third kappa shape index (κ3) is 4.00. The molecule has 0 bridgehead atoms. The van der Waals surface area contributed by atoms with Crippen molar-refractivity contribution in [3.63, 3.8) is 0 Å². The summed E-state index contributed by atoms with van der Waals surface area (Å²) in [6.45, 7) is 0.497. The molecule has 6 heteroatoms. The van der Waals surface area contributed by atoms with Gasteiger partial charge in [-0.25, -0.2) is 0 Å². The molecule has 1 fully saturated rings. The van der Waals surface area contributed by atoms with Crippen LogP contribution in [0.25, 0.3) is 10.9 Å². The number of nitrogens with one attached hydrogen (secondary N) is 1.